The number of fused-ring (bicyclic) bond motifs is 3. The molecule has 2 aromatic carbocycles. The maximum atomic E-state index is 14.0. The van der Waals surface area contributed by atoms with Gasteiger partial charge in [-0.3, -0.25) is 4.72 Å². The lowest BCUT2D eigenvalue weighted by atomic mass is 9.91. The van der Waals surface area contributed by atoms with Crippen LogP contribution in [0.3, 0.4) is 0 Å². The number of anilines is 2. The van der Waals surface area contributed by atoms with Crippen molar-refractivity contribution in [2.24, 2.45) is 0 Å². The van der Waals surface area contributed by atoms with Gasteiger partial charge in [0.05, 0.1) is 16.1 Å². The lowest BCUT2D eigenvalue weighted by Crippen LogP contribution is -2.35. The average molecular weight is 488 g/mol. The summed E-state index contributed by atoms with van der Waals surface area (Å²) in [5.41, 5.74) is 1.72. The molecule has 0 aromatic heterocycles. The number of carboxylic acids is 1. The van der Waals surface area contributed by atoms with Gasteiger partial charge in [0.25, 0.3) is 10.0 Å². The van der Waals surface area contributed by atoms with E-state index in [1.807, 2.05) is 24.8 Å². The summed E-state index contributed by atoms with van der Waals surface area (Å²) in [6.07, 6.45) is 6.87. The van der Waals surface area contributed by atoms with Crippen molar-refractivity contribution in [3.63, 3.8) is 0 Å². The van der Waals surface area contributed by atoms with Crippen molar-refractivity contribution in [1.29, 1.82) is 0 Å². The fourth-order valence-corrected chi connectivity index (χ4v) is 6.22. The molecular formula is C25H30FN3O4S. The van der Waals surface area contributed by atoms with Gasteiger partial charge in [-0.05, 0) is 93.3 Å². The van der Waals surface area contributed by atoms with Crippen LogP contribution in [0.2, 0.25) is 0 Å². The zero-order valence-electron chi connectivity index (χ0n) is 19.4. The third-order valence-corrected chi connectivity index (χ3v) is 8.14. The Morgan fingerprint density at radius 3 is 2.71 bits per heavy atom. The summed E-state index contributed by atoms with van der Waals surface area (Å²) >= 11 is 0. The second-order valence-electron chi connectivity index (χ2n) is 8.64. The molecule has 2 N–H and O–H groups in total. The molecule has 0 aliphatic carbocycles. The Morgan fingerprint density at radius 1 is 1.24 bits per heavy atom. The molecule has 2 heterocycles. The van der Waals surface area contributed by atoms with Crippen molar-refractivity contribution in [2.45, 2.75) is 50.5 Å². The van der Waals surface area contributed by atoms with Gasteiger partial charge in [0.1, 0.15) is 5.82 Å². The van der Waals surface area contributed by atoms with Gasteiger partial charge in [-0.2, -0.15) is 0 Å². The van der Waals surface area contributed by atoms with Crippen LogP contribution in [-0.2, 0) is 16.4 Å². The second kappa shape index (κ2) is 9.66. The molecule has 1 saturated heterocycles. The molecule has 0 bridgehead atoms. The van der Waals surface area contributed by atoms with E-state index in [9.17, 15) is 22.7 Å². The molecule has 1 fully saturated rings. The molecule has 0 radical (unpaired) electrons. The van der Waals surface area contributed by atoms with Crippen LogP contribution in [0.5, 0.6) is 0 Å². The highest BCUT2D eigenvalue weighted by molar-refractivity contribution is 7.92. The van der Waals surface area contributed by atoms with E-state index in [0.717, 1.165) is 56.7 Å². The maximum absolute atomic E-state index is 14.0. The minimum Gasteiger partial charge on any atom is -0.478 e. The highest BCUT2D eigenvalue weighted by atomic mass is 32.2. The molecule has 2 aromatic rings. The van der Waals surface area contributed by atoms with Crippen LogP contribution in [0, 0.1) is 5.82 Å². The van der Waals surface area contributed by atoms with Crippen LogP contribution >= 0.6 is 0 Å². The Labute approximate surface area is 199 Å². The highest BCUT2D eigenvalue weighted by Crippen LogP contribution is 2.40. The van der Waals surface area contributed by atoms with E-state index in [4.69, 9.17) is 0 Å². The first kappa shape index (κ1) is 24.1. The van der Waals surface area contributed by atoms with Gasteiger partial charge in [-0.25, -0.2) is 17.6 Å². The minimum atomic E-state index is -4.19. The van der Waals surface area contributed by atoms with Crippen LogP contribution in [0.1, 0.15) is 54.6 Å². The summed E-state index contributed by atoms with van der Waals surface area (Å²) in [6.45, 7) is 6.24. The standard InChI is InChI=1S/C25H30FN3O4S/c1-3-28(4-2)15-13-17-16-18(26)7-12-23(17)34(32,33)27-21-10-11-22-20(24(21)25(30)31)9-8-19-6-5-14-29(19)22/h7,10-13,15-16,19,27H,3-6,8-9,14H2,1-2H3,(H,30,31)/b15-13-. The number of aromatic carboxylic acids is 1. The number of hydrogen-bond acceptors (Lipinski definition) is 5. The van der Waals surface area contributed by atoms with Gasteiger partial charge in [-0.1, -0.05) is 0 Å². The van der Waals surface area contributed by atoms with Crippen molar-refractivity contribution in [3.05, 3.63) is 59.0 Å². The van der Waals surface area contributed by atoms with Crippen molar-refractivity contribution < 1.29 is 22.7 Å². The maximum Gasteiger partial charge on any atom is 0.338 e. The zero-order chi connectivity index (χ0) is 24.5. The fourth-order valence-electron chi connectivity index (χ4n) is 4.97. The lowest BCUT2D eigenvalue weighted by molar-refractivity contribution is 0.0696. The first-order valence-electron chi connectivity index (χ1n) is 11.7. The van der Waals surface area contributed by atoms with Crippen molar-refractivity contribution in [1.82, 2.24) is 4.90 Å². The van der Waals surface area contributed by atoms with E-state index < -0.39 is 21.8 Å². The number of nitrogens with one attached hydrogen (secondary N) is 1. The number of hydrogen-bond donors (Lipinski definition) is 2. The molecule has 9 heteroatoms. The molecule has 1 unspecified atom stereocenters. The molecule has 7 nitrogen and oxygen atoms in total. The third kappa shape index (κ3) is 4.61. The van der Waals surface area contributed by atoms with Gasteiger partial charge < -0.3 is 14.9 Å². The van der Waals surface area contributed by atoms with Crippen LogP contribution in [-0.4, -0.2) is 50.1 Å². The Bertz CT molecular complexity index is 1220. The normalized spacial score (nSPS) is 17.5. The topological polar surface area (TPSA) is 90.0 Å². The molecule has 0 amide bonds. The molecule has 182 valence electrons. The molecule has 1 atom stereocenters. The monoisotopic (exact) mass is 487 g/mol. The van der Waals surface area contributed by atoms with Crippen molar-refractivity contribution in [3.8, 4) is 0 Å². The summed E-state index contributed by atoms with van der Waals surface area (Å²) in [5.74, 6) is -1.73. The number of nitrogens with zero attached hydrogens (tertiary/aromatic N) is 2. The molecule has 34 heavy (non-hydrogen) atoms. The molecule has 2 aliphatic rings. The predicted octanol–water partition coefficient (Wildman–Crippen LogP) is 4.55. The van der Waals surface area contributed by atoms with E-state index in [2.05, 4.69) is 9.62 Å². The number of sulfonamides is 1. The number of halogens is 1. The number of rotatable bonds is 8. The first-order chi connectivity index (χ1) is 16.2. The lowest BCUT2D eigenvalue weighted by Gasteiger charge is -2.35. The summed E-state index contributed by atoms with van der Waals surface area (Å²) < 4.78 is 43.2. The zero-order valence-corrected chi connectivity index (χ0v) is 20.2. The summed E-state index contributed by atoms with van der Waals surface area (Å²) in [7, 11) is -4.19. The van der Waals surface area contributed by atoms with Gasteiger partial charge in [0.15, 0.2) is 0 Å². The van der Waals surface area contributed by atoms with Crippen LogP contribution in [0.25, 0.3) is 6.08 Å². The molecule has 0 saturated carbocycles. The van der Waals surface area contributed by atoms with E-state index in [1.165, 1.54) is 12.1 Å². The minimum absolute atomic E-state index is 0.0197. The largest absolute Gasteiger partial charge is 0.478 e. The van der Waals surface area contributed by atoms with E-state index in [0.29, 0.717) is 18.0 Å². The molecule has 2 aliphatic heterocycles. The fraction of sp³-hybridized carbons (Fsp3) is 0.400. The molecule has 4 rings (SSSR count). The Kier molecular flexibility index (Phi) is 6.84. The quantitative estimate of drug-likeness (QED) is 0.568. The Balaban J connectivity index is 1.73. The van der Waals surface area contributed by atoms with Crippen LogP contribution < -0.4 is 9.62 Å². The summed E-state index contributed by atoms with van der Waals surface area (Å²) in [4.78, 5) is 16.3. The second-order valence-corrected chi connectivity index (χ2v) is 10.3. The molecule has 0 spiro atoms. The number of carboxylic acid groups (broad SMARTS) is 1. The van der Waals surface area contributed by atoms with Gasteiger partial charge in [-0.15, -0.1) is 0 Å². The number of benzene rings is 2. The highest BCUT2D eigenvalue weighted by Gasteiger charge is 2.34. The summed E-state index contributed by atoms with van der Waals surface area (Å²) in [6, 6.07) is 7.19. The smallest absolute Gasteiger partial charge is 0.338 e. The Morgan fingerprint density at radius 2 is 2.00 bits per heavy atom. The average Bonchev–Trinajstić information content (AvgIpc) is 3.28. The van der Waals surface area contributed by atoms with Crippen LogP contribution in [0.15, 0.2) is 41.4 Å². The Hall–Kier alpha value is -3.07. The van der Waals surface area contributed by atoms with Crippen LogP contribution in [0.4, 0.5) is 15.8 Å². The van der Waals surface area contributed by atoms with Crippen molar-refractivity contribution >= 4 is 33.4 Å². The van der Waals surface area contributed by atoms with Gasteiger partial charge >= 0.3 is 5.97 Å². The number of carbonyl (C=O) groups is 1. The predicted molar refractivity (Wildman–Crippen MR) is 131 cm³/mol. The molecular weight excluding hydrogens is 457 g/mol. The summed E-state index contributed by atoms with van der Waals surface area (Å²) in [5, 5.41) is 10.0. The van der Waals surface area contributed by atoms with Crippen molar-refractivity contribution in [2.75, 3.05) is 29.3 Å². The van der Waals surface area contributed by atoms with Gasteiger partial charge in [0.2, 0.25) is 0 Å². The van der Waals surface area contributed by atoms with E-state index >= 15 is 0 Å². The SMILES string of the molecule is CCN(/C=C\c1cc(F)ccc1S(=O)(=O)Nc1ccc2c(c1C(=O)O)CCC1CCCN21)CC. The van der Waals surface area contributed by atoms with Gasteiger partial charge in [0, 0.05) is 31.4 Å². The first-order valence-corrected chi connectivity index (χ1v) is 13.1. The van der Waals surface area contributed by atoms with E-state index in [-0.39, 0.29) is 21.7 Å². The third-order valence-electron chi connectivity index (χ3n) is 6.70. The van der Waals surface area contributed by atoms with E-state index in [1.54, 1.807) is 12.3 Å².